The highest BCUT2D eigenvalue weighted by Gasteiger charge is 1.95. The van der Waals surface area contributed by atoms with Crippen LogP contribution in [0.25, 0.3) is 0 Å². The van der Waals surface area contributed by atoms with Crippen molar-refractivity contribution in [2.75, 3.05) is 11.5 Å². The zero-order valence-electron chi connectivity index (χ0n) is 4.89. The van der Waals surface area contributed by atoms with Gasteiger partial charge in [0.25, 0.3) is 0 Å². The molecule has 0 heterocycles. The molecule has 0 atom stereocenters. The molecule has 47 valence electrons. The van der Waals surface area contributed by atoms with Gasteiger partial charge in [-0.1, -0.05) is 6.07 Å². The normalized spacial score (nSPS) is 9.33. The van der Waals surface area contributed by atoms with Gasteiger partial charge in [0.1, 0.15) is 0 Å². The summed E-state index contributed by atoms with van der Waals surface area (Å²) < 4.78 is 0. The molecule has 1 aromatic rings. The maximum Gasteiger partial charge on any atom is 0.0801 e. The van der Waals surface area contributed by atoms with Gasteiger partial charge < -0.3 is 11.5 Å². The Hall–Kier alpha value is -1.38. The van der Waals surface area contributed by atoms with Gasteiger partial charge in [0, 0.05) is 0 Å². The van der Waals surface area contributed by atoms with E-state index in [0.717, 1.165) is 0 Å². The minimum atomic E-state index is 0.287. The Kier molecular flexibility index (Phi) is 1.18. The quantitative estimate of drug-likeness (QED) is 0.498. The third-order valence-electron chi connectivity index (χ3n) is 1.14. The molecule has 3 heteroatoms. The average molecular weight is 122 g/mol. The van der Waals surface area contributed by atoms with E-state index in [-0.39, 0.29) is 5.69 Å². The monoisotopic (exact) mass is 122 g/mol. The zero-order chi connectivity index (χ0) is 6.85. The molecule has 9 heavy (non-hydrogen) atoms. The molecule has 5 N–H and O–H groups in total. The van der Waals surface area contributed by atoms with E-state index in [0.29, 0.717) is 11.4 Å². The lowest BCUT2D eigenvalue weighted by atomic mass is 10.2. The van der Waals surface area contributed by atoms with E-state index in [4.69, 9.17) is 17.2 Å². The Morgan fingerprint density at radius 2 is 1.89 bits per heavy atom. The predicted octanol–water partition coefficient (Wildman–Crippen LogP) is 0.765. The van der Waals surface area contributed by atoms with Crippen LogP contribution in [0, 0.1) is 0 Å². The van der Waals surface area contributed by atoms with Gasteiger partial charge in [0.05, 0.1) is 17.1 Å². The fourth-order valence-electron chi connectivity index (χ4n) is 0.583. The first-order valence-corrected chi connectivity index (χ1v) is 2.57. The van der Waals surface area contributed by atoms with E-state index < -0.39 is 0 Å². The minimum absolute atomic E-state index is 0.287. The van der Waals surface area contributed by atoms with Gasteiger partial charge in [-0.05, 0) is 12.1 Å². The molecule has 0 fully saturated rings. The highest BCUT2D eigenvalue weighted by atomic mass is 14.7. The predicted molar refractivity (Wildman–Crippen MR) is 38.0 cm³/mol. The largest absolute Gasteiger partial charge is 0.397 e. The van der Waals surface area contributed by atoms with Gasteiger partial charge in [0.2, 0.25) is 0 Å². The molecular formula is C6H8N3. The fourth-order valence-corrected chi connectivity index (χ4v) is 0.583. The van der Waals surface area contributed by atoms with Crippen LogP contribution in [0.5, 0.6) is 0 Å². The molecule has 0 aromatic heterocycles. The van der Waals surface area contributed by atoms with E-state index in [1.54, 1.807) is 18.2 Å². The Morgan fingerprint density at radius 1 is 1.22 bits per heavy atom. The van der Waals surface area contributed by atoms with Crippen LogP contribution in [0.4, 0.5) is 17.1 Å². The number of anilines is 2. The highest BCUT2D eigenvalue weighted by molar-refractivity contribution is 5.75. The lowest BCUT2D eigenvalue weighted by Gasteiger charge is -1.99. The van der Waals surface area contributed by atoms with Gasteiger partial charge in [-0.25, -0.2) is 0 Å². The number of nitrogens with two attached hydrogens (primary N) is 2. The van der Waals surface area contributed by atoms with E-state index in [9.17, 15) is 0 Å². The summed E-state index contributed by atoms with van der Waals surface area (Å²) >= 11 is 0. The number of hydrogen-bond acceptors (Lipinski definition) is 2. The van der Waals surface area contributed by atoms with E-state index in [1.165, 1.54) is 0 Å². The van der Waals surface area contributed by atoms with Gasteiger partial charge in [-0.2, -0.15) is 0 Å². The number of nitrogens with one attached hydrogen (secondary N) is 1. The molecule has 0 amide bonds. The summed E-state index contributed by atoms with van der Waals surface area (Å²) in [4.78, 5) is 0. The second-order valence-corrected chi connectivity index (χ2v) is 1.81. The first kappa shape index (κ1) is 5.75. The van der Waals surface area contributed by atoms with Crippen molar-refractivity contribution in [1.82, 2.24) is 5.73 Å². The molecular weight excluding hydrogens is 114 g/mol. The number of nitrogen functional groups attached to an aromatic ring is 2. The van der Waals surface area contributed by atoms with Gasteiger partial charge in [0.15, 0.2) is 0 Å². The Morgan fingerprint density at radius 3 is 2.33 bits per heavy atom. The van der Waals surface area contributed by atoms with Crippen molar-refractivity contribution in [1.29, 1.82) is 0 Å². The van der Waals surface area contributed by atoms with Crippen molar-refractivity contribution in [2.24, 2.45) is 0 Å². The van der Waals surface area contributed by atoms with Crippen LogP contribution in [0.15, 0.2) is 18.2 Å². The minimum Gasteiger partial charge on any atom is -0.397 e. The maximum absolute atomic E-state index is 7.16. The summed E-state index contributed by atoms with van der Waals surface area (Å²) in [5.74, 6) is 0. The van der Waals surface area contributed by atoms with Crippen LogP contribution in [-0.2, 0) is 0 Å². The van der Waals surface area contributed by atoms with Crippen LogP contribution in [0.3, 0.4) is 0 Å². The van der Waals surface area contributed by atoms with Gasteiger partial charge in [-0.15, -0.1) is 0 Å². The molecule has 0 unspecified atom stereocenters. The standard InChI is InChI=1S/C6H8N3/c7-4-2-1-3-5(8)6(4)9/h1-3,7H,8-9H2. The highest BCUT2D eigenvalue weighted by Crippen LogP contribution is 2.21. The van der Waals surface area contributed by atoms with Crippen LogP contribution in [0.1, 0.15) is 0 Å². The summed E-state index contributed by atoms with van der Waals surface area (Å²) in [6.07, 6.45) is 0. The molecule has 3 nitrogen and oxygen atoms in total. The first-order valence-electron chi connectivity index (χ1n) is 2.57. The van der Waals surface area contributed by atoms with Gasteiger partial charge >= 0.3 is 0 Å². The van der Waals surface area contributed by atoms with Crippen LogP contribution in [-0.4, -0.2) is 0 Å². The molecule has 0 bridgehead atoms. The Bertz CT molecular complexity index is 199. The summed E-state index contributed by atoms with van der Waals surface area (Å²) in [6.45, 7) is 0. The second kappa shape index (κ2) is 1.85. The van der Waals surface area contributed by atoms with Crippen molar-refractivity contribution >= 4 is 17.1 Å². The molecule has 1 radical (unpaired) electrons. The number of rotatable bonds is 0. The molecule has 0 saturated carbocycles. The fraction of sp³-hybridized carbons (Fsp3) is 0. The topological polar surface area (TPSA) is 75.8 Å². The van der Waals surface area contributed by atoms with Crippen molar-refractivity contribution in [3.63, 3.8) is 0 Å². The zero-order valence-corrected chi connectivity index (χ0v) is 4.89. The number of para-hydroxylation sites is 1. The summed E-state index contributed by atoms with van der Waals surface area (Å²) in [6, 6.07) is 4.98. The van der Waals surface area contributed by atoms with Crippen molar-refractivity contribution in [3.05, 3.63) is 18.2 Å². The number of hydrogen-bond donors (Lipinski definition) is 2. The molecule has 0 aliphatic heterocycles. The lowest BCUT2D eigenvalue weighted by Crippen LogP contribution is -1.94. The molecule has 0 aliphatic rings. The number of benzene rings is 1. The van der Waals surface area contributed by atoms with Crippen molar-refractivity contribution in [3.8, 4) is 0 Å². The summed E-state index contributed by atoms with van der Waals surface area (Å²) in [7, 11) is 0. The molecule has 1 aromatic carbocycles. The molecule has 0 aliphatic carbocycles. The van der Waals surface area contributed by atoms with E-state index in [1.807, 2.05) is 0 Å². The summed E-state index contributed by atoms with van der Waals surface area (Å²) in [5, 5.41) is 0. The van der Waals surface area contributed by atoms with Crippen LogP contribution < -0.4 is 17.2 Å². The van der Waals surface area contributed by atoms with E-state index in [2.05, 4.69) is 0 Å². The van der Waals surface area contributed by atoms with E-state index >= 15 is 0 Å². The molecule has 0 spiro atoms. The first-order chi connectivity index (χ1) is 4.22. The maximum atomic E-state index is 7.16. The van der Waals surface area contributed by atoms with Crippen LogP contribution >= 0.6 is 0 Å². The second-order valence-electron chi connectivity index (χ2n) is 1.81. The van der Waals surface area contributed by atoms with Gasteiger partial charge in [-0.3, -0.25) is 5.73 Å². The average Bonchev–Trinajstić information content (AvgIpc) is 1.83. The third-order valence-corrected chi connectivity index (χ3v) is 1.14. The molecule has 0 saturated heterocycles. The SMILES string of the molecule is [NH]c1cccc(N)c1N. The summed E-state index contributed by atoms with van der Waals surface area (Å²) in [5.41, 5.74) is 19.0. The lowest BCUT2D eigenvalue weighted by molar-refractivity contribution is 1.48. The molecule has 1 rings (SSSR count). The smallest absolute Gasteiger partial charge is 0.0801 e. The van der Waals surface area contributed by atoms with Crippen molar-refractivity contribution in [2.45, 2.75) is 0 Å². The Balaban J connectivity index is 3.25. The van der Waals surface area contributed by atoms with Crippen LogP contribution in [0.2, 0.25) is 0 Å². The third kappa shape index (κ3) is 0.887. The van der Waals surface area contributed by atoms with Crippen molar-refractivity contribution < 1.29 is 0 Å². The Labute approximate surface area is 53.5 Å².